The minimum atomic E-state index is -5.01. The van der Waals surface area contributed by atoms with Gasteiger partial charge in [0, 0.05) is 4.90 Å². The number of benzene rings is 1. The summed E-state index contributed by atoms with van der Waals surface area (Å²) in [7, 11) is 0. The molecule has 2 N–H and O–H groups in total. The molecule has 0 atom stereocenters. The zero-order valence-corrected chi connectivity index (χ0v) is 11.2. The number of aliphatic imine (C=N–C) groups is 1. The Morgan fingerprint density at radius 1 is 1.23 bits per heavy atom. The lowest BCUT2D eigenvalue weighted by Crippen LogP contribution is -2.30. The highest BCUT2D eigenvalue weighted by Crippen LogP contribution is 2.34. The SMILES string of the molecule is N#Cc1cc(F)c(/N=C(/N)C(F)(F)F)cc1SCC(F)(F)F. The molecule has 0 aromatic heterocycles. The summed E-state index contributed by atoms with van der Waals surface area (Å²) >= 11 is 0.131. The fourth-order valence-electron chi connectivity index (χ4n) is 1.19. The van der Waals surface area contributed by atoms with Gasteiger partial charge in [-0.25, -0.2) is 9.38 Å². The lowest BCUT2D eigenvalue weighted by Gasteiger charge is -2.10. The first-order valence-corrected chi connectivity index (χ1v) is 6.27. The Morgan fingerprint density at radius 3 is 2.27 bits per heavy atom. The Morgan fingerprint density at radius 2 is 1.82 bits per heavy atom. The monoisotopic (exact) mass is 345 g/mol. The summed E-state index contributed by atoms with van der Waals surface area (Å²) in [5.41, 5.74) is 3.27. The summed E-state index contributed by atoms with van der Waals surface area (Å²) in [4.78, 5) is 2.45. The van der Waals surface area contributed by atoms with Crippen molar-refractivity contribution < 1.29 is 30.7 Å². The van der Waals surface area contributed by atoms with Crippen LogP contribution in [-0.4, -0.2) is 23.9 Å². The lowest BCUT2D eigenvalue weighted by atomic mass is 10.2. The van der Waals surface area contributed by atoms with Gasteiger partial charge >= 0.3 is 12.4 Å². The number of halogens is 7. The van der Waals surface area contributed by atoms with E-state index in [4.69, 9.17) is 5.26 Å². The van der Waals surface area contributed by atoms with Crippen LogP contribution in [0.5, 0.6) is 0 Å². The number of amidine groups is 1. The molecule has 0 spiro atoms. The number of alkyl halides is 6. The van der Waals surface area contributed by atoms with E-state index in [-0.39, 0.29) is 16.7 Å². The molecule has 0 bridgehead atoms. The van der Waals surface area contributed by atoms with Gasteiger partial charge in [0.2, 0.25) is 5.84 Å². The maximum Gasteiger partial charge on any atom is 0.448 e. The number of hydrogen-bond donors (Lipinski definition) is 1. The molecular formula is C11H6F7N3S. The van der Waals surface area contributed by atoms with E-state index in [9.17, 15) is 30.7 Å². The molecule has 22 heavy (non-hydrogen) atoms. The zero-order valence-electron chi connectivity index (χ0n) is 10.4. The minimum Gasteiger partial charge on any atom is -0.380 e. The molecule has 3 nitrogen and oxygen atoms in total. The van der Waals surface area contributed by atoms with Crippen molar-refractivity contribution in [2.75, 3.05) is 5.75 Å². The number of thioether (sulfide) groups is 1. The molecule has 1 aromatic carbocycles. The average Bonchev–Trinajstić information content (AvgIpc) is 2.36. The van der Waals surface area contributed by atoms with Crippen molar-refractivity contribution in [3.05, 3.63) is 23.5 Å². The molecular weight excluding hydrogens is 339 g/mol. The molecule has 0 aliphatic heterocycles. The van der Waals surface area contributed by atoms with Crippen molar-refractivity contribution in [3.8, 4) is 6.07 Å². The average molecular weight is 345 g/mol. The number of rotatable bonds is 3. The van der Waals surface area contributed by atoms with Crippen LogP contribution in [0.25, 0.3) is 0 Å². The molecule has 0 aliphatic rings. The summed E-state index contributed by atoms with van der Waals surface area (Å²) in [5, 5.41) is 8.72. The summed E-state index contributed by atoms with van der Waals surface area (Å²) in [5.74, 6) is -4.56. The van der Waals surface area contributed by atoms with Crippen molar-refractivity contribution >= 4 is 23.3 Å². The number of nitriles is 1. The van der Waals surface area contributed by atoms with Crippen LogP contribution in [0.4, 0.5) is 36.4 Å². The fraction of sp³-hybridized carbons (Fsp3) is 0.273. The highest BCUT2D eigenvalue weighted by Gasteiger charge is 2.34. The Labute approximate surface area is 123 Å². The van der Waals surface area contributed by atoms with Gasteiger partial charge in [0.15, 0.2) is 0 Å². The van der Waals surface area contributed by atoms with Crippen molar-refractivity contribution in [1.82, 2.24) is 0 Å². The van der Waals surface area contributed by atoms with Gasteiger partial charge in [-0.05, 0) is 12.1 Å². The lowest BCUT2D eigenvalue weighted by molar-refractivity contribution is -0.105. The quantitative estimate of drug-likeness (QED) is 0.391. The number of hydrogen-bond acceptors (Lipinski definition) is 3. The van der Waals surface area contributed by atoms with E-state index in [0.717, 1.165) is 0 Å². The van der Waals surface area contributed by atoms with Gasteiger partial charge < -0.3 is 5.73 Å². The maximum atomic E-state index is 13.5. The van der Waals surface area contributed by atoms with Gasteiger partial charge in [0.25, 0.3) is 0 Å². The summed E-state index contributed by atoms with van der Waals surface area (Å²) in [6.45, 7) is 0. The van der Waals surface area contributed by atoms with E-state index in [1.165, 1.54) is 6.07 Å². The van der Waals surface area contributed by atoms with Crippen molar-refractivity contribution in [2.45, 2.75) is 17.2 Å². The van der Waals surface area contributed by atoms with E-state index < -0.39 is 41.0 Å². The first-order valence-electron chi connectivity index (χ1n) is 5.28. The smallest absolute Gasteiger partial charge is 0.380 e. The van der Waals surface area contributed by atoms with Crippen LogP contribution in [0.2, 0.25) is 0 Å². The number of nitrogens with zero attached hydrogens (tertiary/aromatic N) is 2. The van der Waals surface area contributed by atoms with E-state index in [1.54, 1.807) is 0 Å². The molecule has 1 rings (SSSR count). The molecule has 0 aliphatic carbocycles. The molecule has 0 fully saturated rings. The van der Waals surface area contributed by atoms with Crippen LogP contribution in [0, 0.1) is 17.1 Å². The van der Waals surface area contributed by atoms with Crippen LogP contribution < -0.4 is 5.73 Å². The van der Waals surface area contributed by atoms with Gasteiger partial charge in [0.05, 0.1) is 11.3 Å². The molecule has 0 saturated heterocycles. The maximum absolute atomic E-state index is 13.5. The van der Waals surface area contributed by atoms with Crippen molar-refractivity contribution in [1.29, 1.82) is 5.26 Å². The van der Waals surface area contributed by atoms with Crippen LogP contribution >= 0.6 is 11.8 Å². The fourth-order valence-corrected chi connectivity index (χ4v) is 1.96. The van der Waals surface area contributed by atoms with Gasteiger partial charge in [0.1, 0.15) is 17.6 Å². The van der Waals surface area contributed by atoms with Gasteiger partial charge in [-0.3, -0.25) is 0 Å². The third-order valence-corrected chi connectivity index (χ3v) is 3.21. The molecule has 0 radical (unpaired) electrons. The summed E-state index contributed by atoms with van der Waals surface area (Å²) in [6.07, 6.45) is -9.58. The van der Waals surface area contributed by atoms with E-state index in [0.29, 0.717) is 12.1 Å². The molecule has 120 valence electrons. The van der Waals surface area contributed by atoms with Crippen LogP contribution in [-0.2, 0) is 0 Å². The second-order valence-electron chi connectivity index (χ2n) is 3.81. The number of nitrogens with two attached hydrogens (primary N) is 1. The Balaban J connectivity index is 3.24. The first-order chi connectivity index (χ1) is 9.94. The van der Waals surface area contributed by atoms with E-state index >= 15 is 0 Å². The topological polar surface area (TPSA) is 62.2 Å². The molecule has 11 heteroatoms. The van der Waals surface area contributed by atoms with Gasteiger partial charge in [-0.1, -0.05) is 0 Å². The standard InChI is InChI=1S/C11H6F7N3S/c12-6-1-5(3-19)8(22-4-10(13,14)15)2-7(6)21-9(20)11(16,17)18/h1-2H,4H2,(H2,20,21). The van der Waals surface area contributed by atoms with Crippen LogP contribution in [0.15, 0.2) is 22.0 Å². The minimum absolute atomic E-state index is 0.131. The Hall–Kier alpha value is -1.96. The van der Waals surface area contributed by atoms with E-state index in [1.807, 2.05) is 0 Å². The predicted octanol–water partition coefficient (Wildman–Crippen LogP) is 3.90. The van der Waals surface area contributed by atoms with Gasteiger partial charge in [-0.2, -0.15) is 31.6 Å². The molecule has 0 amide bonds. The highest BCUT2D eigenvalue weighted by molar-refractivity contribution is 7.99. The third-order valence-electron chi connectivity index (χ3n) is 2.09. The Bertz CT molecular complexity index is 628. The normalized spacial score (nSPS) is 13.1. The highest BCUT2D eigenvalue weighted by atomic mass is 32.2. The second-order valence-corrected chi connectivity index (χ2v) is 4.83. The molecule has 0 unspecified atom stereocenters. The molecule has 1 aromatic rings. The molecule has 0 heterocycles. The predicted molar refractivity (Wildman–Crippen MR) is 65.2 cm³/mol. The Kier molecular flexibility index (Phi) is 5.29. The first kappa shape index (κ1) is 18.1. The van der Waals surface area contributed by atoms with Gasteiger partial charge in [-0.15, -0.1) is 11.8 Å². The summed E-state index contributed by atoms with van der Waals surface area (Å²) in [6, 6.07) is 2.57. The zero-order chi connectivity index (χ0) is 17.1. The third kappa shape index (κ3) is 5.10. The van der Waals surface area contributed by atoms with Crippen LogP contribution in [0.3, 0.4) is 0 Å². The van der Waals surface area contributed by atoms with Crippen LogP contribution in [0.1, 0.15) is 5.56 Å². The van der Waals surface area contributed by atoms with Crippen molar-refractivity contribution in [2.24, 2.45) is 10.7 Å². The van der Waals surface area contributed by atoms with E-state index in [2.05, 4.69) is 10.7 Å². The largest absolute Gasteiger partial charge is 0.448 e. The second kappa shape index (κ2) is 6.43. The summed E-state index contributed by atoms with van der Waals surface area (Å²) < 4.78 is 86.7. The van der Waals surface area contributed by atoms with Crippen molar-refractivity contribution in [3.63, 3.8) is 0 Å². The molecule has 0 saturated carbocycles.